The molecule has 0 heterocycles. The minimum Gasteiger partial charge on any atom is -0.366 e. The monoisotopic (exact) mass is 239 g/mol. The first-order chi connectivity index (χ1) is 7.77. The summed E-state index contributed by atoms with van der Waals surface area (Å²) in [5, 5.41) is 21.5. The Morgan fingerprint density at radius 2 is 1.71 bits per heavy atom. The number of carbonyl (C=O) groups excluding carboxylic acids is 1. The molecule has 0 saturated heterocycles. The van der Waals surface area contributed by atoms with Crippen LogP contribution >= 0.6 is 0 Å². The predicted molar refractivity (Wildman–Crippen MR) is 57.7 cm³/mol. The van der Waals surface area contributed by atoms with Gasteiger partial charge < -0.3 is 5.73 Å². The summed E-state index contributed by atoms with van der Waals surface area (Å²) in [4.78, 5) is 30.8. The number of amides is 1. The van der Waals surface area contributed by atoms with E-state index < -0.39 is 27.1 Å². The summed E-state index contributed by atoms with van der Waals surface area (Å²) >= 11 is 0. The summed E-state index contributed by atoms with van der Waals surface area (Å²) in [5.41, 5.74) is 3.96. The molecule has 0 spiro atoms. The van der Waals surface area contributed by atoms with Crippen molar-refractivity contribution in [1.29, 1.82) is 0 Å². The molecule has 0 unspecified atom stereocenters. The summed E-state index contributed by atoms with van der Waals surface area (Å²) in [5.74, 6) is -0.858. The number of nitro groups is 2. The molecule has 1 aromatic rings. The van der Waals surface area contributed by atoms with Gasteiger partial charge in [-0.05, 0) is 19.4 Å². The number of primary amides is 1. The third-order valence-electron chi connectivity index (χ3n) is 2.49. The van der Waals surface area contributed by atoms with E-state index in [4.69, 9.17) is 5.73 Å². The van der Waals surface area contributed by atoms with Crippen LogP contribution in [0.3, 0.4) is 0 Å². The molecule has 8 nitrogen and oxygen atoms in total. The maximum atomic E-state index is 11.1. The molecule has 0 aliphatic rings. The summed E-state index contributed by atoms with van der Waals surface area (Å²) in [7, 11) is 0. The van der Waals surface area contributed by atoms with Crippen LogP contribution < -0.4 is 5.73 Å². The summed E-state index contributed by atoms with van der Waals surface area (Å²) in [6.07, 6.45) is 0. The second-order valence-corrected chi connectivity index (χ2v) is 3.42. The zero-order valence-corrected chi connectivity index (χ0v) is 9.09. The number of hydrogen-bond donors (Lipinski definition) is 1. The zero-order chi connectivity index (χ0) is 13.3. The molecule has 1 amide bonds. The molecule has 0 bridgehead atoms. The van der Waals surface area contributed by atoms with Crippen LogP contribution in [0, 0.1) is 34.1 Å². The van der Waals surface area contributed by atoms with Crippen molar-refractivity contribution in [1.82, 2.24) is 0 Å². The van der Waals surface area contributed by atoms with Crippen LogP contribution in [0.25, 0.3) is 0 Å². The van der Waals surface area contributed by atoms with E-state index in [1.54, 1.807) is 0 Å². The van der Waals surface area contributed by atoms with Gasteiger partial charge in [0.15, 0.2) is 0 Å². The first-order valence-corrected chi connectivity index (χ1v) is 4.50. The Bertz CT molecular complexity index is 538. The second kappa shape index (κ2) is 4.16. The van der Waals surface area contributed by atoms with Crippen molar-refractivity contribution >= 4 is 17.3 Å². The zero-order valence-electron chi connectivity index (χ0n) is 9.09. The van der Waals surface area contributed by atoms with Gasteiger partial charge in [0.2, 0.25) is 5.91 Å². The normalized spacial score (nSPS) is 10.0. The molecule has 17 heavy (non-hydrogen) atoms. The Labute approximate surface area is 95.3 Å². The van der Waals surface area contributed by atoms with Gasteiger partial charge in [-0.2, -0.15) is 0 Å². The fourth-order valence-corrected chi connectivity index (χ4v) is 1.51. The van der Waals surface area contributed by atoms with Gasteiger partial charge in [0.1, 0.15) is 0 Å². The van der Waals surface area contributed by atoms with Crippen molar-refractivity contribution in [2.75, 3.05) is 0 Å². The van der Waals surface area contributed by atoms with Crippen molar-refractivity contribution in [3.8, 4) is 0 Å². The number of nitrogens with zero attached hydrogens (tertiary/aromatic N) is 2. The molecule has 0 fully saturated rings. The minimum atomic E-state index is -0.906. The van der Waals surface area contributed by atoms with E-state index in [1.807, 2.05) is 0 Å². The molecule has 0 aromatic heterocycles. The van der Waals surface area contributed by atoms with Crippen LogP contribution in [0.1, 0.15) is 21.5 Å². The van der Waals surface area contributed by atoms with E-state index in [0.29, 0.717) is 0 Å². The molecular formula is C9H9N3O5. The first-order valence-electron chi connectivity index (χ1n) is 4.50. The van der Waals surface area contributed by atoms with Gasteiger partial charge in [0.25, 0.3) is 0 Å². The van der Waals surface area contributed by atoms with E-state index in [9.17, 15) is 25.0 Å². The Morgan fingerprint density at radius 3 is 2.06 bits per heavy atom. The lowest BCUT2D eigenvalue weighted by Crippen LogP contribution is -2.15. The molecule has 8 heteroatoms. The van der Waals surface area contributed by atoms with Gasteiger partial charge in [0, 0.05) is 17.2 Å². The van der Waals surface area contributed by atoms with Crippen LogP contribution in [-0.2, 0) is 0 Å². The second-order valence-electron chi connectivity index (χ2n) is 3.42. The summed E-state index contributed by atoms with van der Waals surface area (Å²) in [6.45, 7) is 2.79. The highest BCUT2D eigenvalue weighted by molar-refractivity contribution is 5.96. The molecule has 2 N–H and O–H groups in total. The average molecular weight is 239 g/mol. The molecule has 0 aliphatic heterocycles. The number of benzene rings is 1. The Balaban J connectivity index is 3.75. The molecule has 1 aromatic carbocycles. The molecule has 1 rings (SSSR count). The summed E-state index contributed by atoms with van der Waals surface area (Å²) < 4.78 is 0. The number of hydrogen-bond acceptors (Lipinski definition) is 5. The molecule has 0 atom stereocenters. The van der Waals surface area contributed by atoms with Gasteiger partial charge in [-0.3, -0.25) is 25.0 Å². The van der Waals surface area contributed by atoms with Crippen LogP contribution in [0.4, 0.5) is 11.4 Å². The fourth-order valence-electron chi connectivity index (χ4n) is 1.51. The molecule has 0 aliphatic carbocycles. The van der Waals surface area contributed by atoms with Crippen molar-refractivity contribution in [3.63, 3.8) is 0 Å². The molecule has 0 radical (unpaired) electrons. The van der Waals surface area contributed by atoms with Crippen molar-refractivity contribution in [3.05, 3.63) is 43.0 Å². The van der Waals surface area contributed by atoms with Gasteiger partial charge in [-0.25, -0.2) is 0 Å². The first kappa shape index (κ1) is 12.6. The van der Waals surface area contributed by atoms with Crippen molar-refractivity contribution in [2.45, 2.75) is 13.8 Å². The summed E-state index contributed by atoms with van der Waals surface area (Å²) in [6, 6.07) is 0.836. The van der Waals surface area contributed by atoms with Gasteiger partial charge in [-0.1, -0.05) is 0 Å². The maximum Gasteiger partial charge on any atom is 0.349 e. The third kappa shape index (κ3) is 2.05. The lowest BCUT2D eigenvalue weighted by atomic mass is 9.99. The number of rotatable bonds is 3. The highest BCUT2D eigenvalue weighted by atomic mass is 16.6. The SMILES string of the molecule is Cc1c(C(N)=O)cc([N+](=O)[O-])c([N+](=O)[O-])c1C. The predicted octanol–water partition coefficient (Wildman–Crippen LogP) is 1.22. The Hall–Kier alpha value is -2.51. The van der Waals surface area contributed by atoms with E-state index >= 15 is 0 Å². The maximum absolute atomic E-state index is 11.1. The van der Waals surface area contributed by atoms with Gasteiger partial charge in [0.05, 0.1) is 9.85 Å². The third-order valence-corrected chi connectivity index (χ3v) is 2.49. The number of nitro benzene ring substituents is 2. The molecular weight excluding hydrogens is 230 g/mol. The Kier molecular flexibility index (Phi) is 3.07. The standard InChI is InChI=1S/C9H9N3O5/c1-4-5(2)8(12(16)17)7(11(14)15)3-6(4)9(10)13/h3H,1-2H3,(H2,10,13). The topological polar surface area (TPSA) is 129 Å². The lowest BCUT2D eigenvalue weighted by Gasteiger charge is -2.06. The smallest absolute Gasteiger partial charge is 0.349 e. The minimum absolute atomic E-state index is 0.0676. The van der Waals surface area contributed by atoms with E-state index in [1.165, 1.54) is 13.8 Å². The van der Waals surface area contributed by atoms with Crippen molar-refractivity contribution < 1.29 is 14.6 Å². The van der Waals surface area contributed by atoms with Gasteiger partial charge >= 0.3 is 11.4 Å². The van der Waals surface area contributed by atoms with Crippen molar-refractivity contribution in [2.24, 2.45) is 5.73 Å². The van der Waals surface area contributed by atoms with E-state index in [0.717, 1.165) is 6.07 Å². The average Bonchev–Trinajstić information content (AvgIpc) is 2.19. The largest absolute Gasteiger partial charge is 0.366 e. The Morgan fingerprint density at radius 1 is 1.18 bits per heavy atom. The van der Waals surface area contributed by atoms with Crippen LogP contribution in [0.15, 0.2) is 6.07 Å². The van der Waals surface area contributed by atoms with E-state index in [2.05, 4.69) is 0 Å². The highest BCUT2D eigenvalue weighted by Gasteiger charge is 2.30. The van der Waals surface area contributed by atoms with Crippen LogP contribution in [0.2, 0.25) is 0 Å². The van der Waals surface area contributed by atoms with E-state index in [-0.39, 0.29) is 16.7 Å². The molecule has 90 valence electrons. The fraction of sp³-hybridized carbons (Fsp3) is 0.222. The quantitative estimate of drug-likeness (QED) is 0.625. The number of carbonyl (C=O) groups is 1. The highest BCUT2D eigenvalue weighted by Crippen LogP contribution is 2.34. The molecule has 0 saturated carbocycles. The van der Waals surface area contributed by atoms with Gasteiger partial charge in [-0.15, -0.1) is 0 Å². The number of nitrogens with two attached hydrogens (primary N) is 1. The van der Waals surface area contributed by atoms with Crippen LogP contribution in [-0.4, -0.2) is 15.8 Å². The lowest BCUT2D eigenvalue weighted by molar-refractivity contribution is -0.422. The van der Waals surface area contributed by atoms with Crippen LogP contribution in [0.5, 0.6) is 0 Å².